The number of hydrogen-bond acceptors (Lipinski definition) is 5. The Bertz CT molecular complexity index is 895. The standard InChI is InChI=1S/C19H20IN3O4/c1-12-10-16(13(2)9-15(12)20)21-19(24)14-3-4-17(18(11-14)23(25)26)22-5-7-27-8-6-22/h3-4,9-11H,5-8H2,1-2H3,(H,21,24). The number of rotatable bonds is 4. The summed E-state index contributed by atoms with van der Waals surface area (Å²) in [5.74, 6) is -0.365. The Kier molecular flexibility index (Phi) is 5.95. The van der Waals surface area contributed by atoms with Crippen molar-refractivity contribution in [3.63, 3.8) is 0 Å². The van der Waals surface area contributed by atoms with Gasteiger partial charge in [0.25, 0.3) is 11.6 Å². The van der Waals surface area contributed by atoms with Crippen LogP contribution in [0.3, 0.4) is 0 Å². The second-order valence-corrected chi connectivity index (χ2v) is 7.59. The smallest absolute Gasteiger partial charge is 0.293 e. The summed E-state index contributed by atoms with van der Waals surface area (Å²) in [6, 6.07) is 8.52. The quantitative estimate of drug-likeness (QED) is 0.407. The highest BCUT2D eigenvalue weighted by Gasteiger charge is 2.23. The van der Waals surface area contributed by atoms with Gasteiger partial charge in [-0.1, -0.05) is 0 Å². The Hall–Kier alpha value is -2.20. The molecule has 8 heteroatoms. The van der Waals surface area contributed by atoms with Crippen LogP contribution < -0.4 is 10.2 Å². The summed E-state index contributed by atoms with van der Waals surface area (Å²) in [4.78, 5) is 25.7. The molecule has 1 amide bonds. The molecule has 0 unspecified atom stereocenters. The van der Waals surface area contributed by atoms with Crippen LogP contribution in [-0.2, 0) is 4.74 Å². The van der Waals surface area contributed by atoms with Crippen LogP contribution in [0.5, 0.6) is 0 Å². The molecule has 3 rings (SSSR count). The van der Waals surface area contributed by atoms with E-state index in [1.165, 1.54) is 6.07 Å². The van der Waals surface area contributed by atoms with Crippen LogP contribution in [0, 0.1) is 27.5 Å². The number of nitro benzene ring substituents is 1. The van der Waals surface area contributed by atoms with E-state index in [-0.39, 0.29) is 17.2 Å². The van der Waals surface area contributed by atoms with Crippen LogP contribution in [0.1, 0.15) is 21.5 Å². The van der Waals surface area contributed by atoms with E-state index in [9.17, 15) is 14.9 Å². The number of aryl methyl sites for hydroxylation is 2. The maximum atomic E-state index is 12.7. The van der Waals surface area contributed by atoms with Gasteiger partial charge in [0, 0.05) is 34.0 Å². The van der Waals surface area contributed by atoms with E-state index < -0.39 is 4.92 Å². The zero-order valence-electron chi connectivity index (χ0n) is 15.1. The third-order valence-corrected chi connectivity index (χ3v) is 5.70. The van der Waals surface area contributed by atoms with Gasteiger partial charge in [-0.2, -0.15) is 0 Å². The number of nitrogens with one attached hydrogen (secondary N) is 1. The van der Waals surface area contributed by atoms with E-state index in [0.717, 1.165) is 14.7 Å². The van der Waals surface area contributed by atoms with Crippen molar-refractivity contribution in [2.45, 2.75) is 13.8 Å². The number of carbonyl (C=O) groups is 1. The first-order valence-corrected chi connectivity index (χ1v) is 9.64. The van der Waals surface area contributed by atoms with Crippen molar-refractivity contribution in [1.29, 1.82) is 0 Å². The molecule has 1 saturated heterocycles. The van der Waals surface area contributed by atoms with Gasteiger partial charge in [-0.15, -0.1) is 0 Å². The lowest BCUT2D eigenvalue weighted by Crippen LogP contribution is -2.36. The summed E-state index contributed by atoms with van der Waals surface area (Å²) < 4.78 is 6.42. The number of hydrogen-bond donors (Lipinski definition) is 1. The molecular weight excluding hydrogens is 461 g/mol. The lowest BCUT2D eigenvalue weighted by Gasteiger charge is -2.28. The van der Waals surface area contributed by atoms with Crippen molar-refractivity contribution in [2.75, 3.05) is 36.5 Å². The monoisotopic (exact) mass is 481 g/mol. The number of halogens is 1. The van der Waals surface area contributed by atoms with E-state index >= 15 is 0 Å². The highest BCUT2D eigenvalue weighted by atomic mass is 127. The Balaban J connectivity index is 1.88. The second-order valence-electron chi connectivity index (χ2n) is 6.43. The molecule has 0 saturated carbocycles. The van der Waals surface area contributed by atoms with E-state index in [2.05, 4.69) is 27.9 Å². The number of anilines is 2. The Morgan fingerprint density at radius 2 is 1.89 bits per heavy atom. The molecule has 0 atom stereocenters. The number of morpholine rings is 1. The van der Waals surface area contributed by atoms with Gasteiger partial charge >= 0.3 is 0 Å². The lowest BCUT2D eigenvalue weighted by molar-refractivity contribution is -0.384. The summed E-state index contributed by atoms with van der Waals surface area (Å²) in [6.45, 7) is 6.14. The first-order chi connectivity index (χ1) is 12.9. The topological polar surface area (TPSA) is 84.7 Å². The number of nitro groups is 1. The van der Waals surface area contributed by atoms with Gasteiger partial charge in [0.2, 0.25) is 0 Å². The molecule has 2 aromatic rings. The van der Waals surface area contributed by atoms with Gasteiger partial charge in [-0.05, 0) is 71.8 Å². The second kappa shape index (κ2) is 8.22. The molecule has 0 aliphatic carbocycles. The van der Waals surface area contributed by atoms with Crippen molar-refractivity contribution >= 4 is 45.6 Å². The van der Waals surface area contributed by atoms with Crippen LogP contribution in [0.25, 0.3) is 0 Å². The van der Waals surface area contributed by atoms with Crippen molar-refractivity contribution < 1.29 is 14.5 Å². The van der Waals surface area contributed by atoms with Gasteiger partial charge in [0.15, 0.2) is 0 Å². The highest BCUT2D eigenvalue weighted by Crippen LogP contribution is 2.30. The number of carbonyl (C=O) groups excluding carboxylic acids is 1. The zero-order valence-corrected chi connectivity index (χ0v) is 17.3. The van der Waals surface area contributed by atoms with Gasteiger partial charge in [-0.25, -0.2) is 0 Å². The summed E-state index contributed by atoms with van der Waals surface area (Å²) in [7, 11) is 0. The molecule has 0 aromatic heterocycles. The van der Waals surface area contributed by atoms with Crippen molar-refractivity contribution in [3.8, 4) is 0 Å². The summed E-state index contributed by atoms with van der Waals surface area (Å²) >= 11 is 2.25. The third-order valence-electron chi connectivity index (χ3n) is 4.54. The summed E-state index contributed by atoms with van der Waals surface area (Å²) in [5, 5.41) is 14.4. The minimum absolute atomic E-state index is 0.0694. The average molecular weight is 481 g/mol. The Morgan fingerprint density at radius 1 is 1.19 bits per heavy atom. The molecule has 2 aromatic carbocycles. The molecule has 27 heavy (non-hydrogen) atoms. The number of nitrogens with zero attached hydrogens (tertiary/aromatic N) is 2. The number of benzene rings is 2. The minimum Gasteiger partial charge on any atom is -0.378 e. The molecule has 1 aliphatic rings. The predicted octanol–water partition coefficient (Wildman–Crippen LogP) is 3.91. The maximum absolute atomic E-state index is 12.7. The summed E-state index contributed by atoms with van der Waals surface area (Å²) in [6.07, 6.45) is 0. The lowest BCUT2D eigenvalue weighted by atomic mass is 10.1. The van der Waals surface area contributed by atoms with Crippen LogP contribution >= 0.6 is 22.6 Å². The molecule has 0 spiro atoms. The predicted molar refractivity (Wildman–Crippen MR) is 113 cm³/mol. The van der Waals surface area contributed by atoms with Gasteiger partial charge < -0.3 is 15.0 Å². The van der Waals surface area contributed by atoms with Crippen LogP contribution in [0.15, 0.2) is 30.3 Å². The third kappa shape index (κ3) is 4.38. The first kappa shape index (κ1) is 19.6. The van der Waals surface area contributed by atoms with E-state index in [4.69, 9.17) is 4.74 Å². The molecule has 0 radical (unpaired) electrons. The van der Waals surface area contributed by atoms with Gasteiger partial charge in [-0.3, -0.25) is 14.9 Å². The van der Waals surface area contributed by atoms with E-state index in [1.807, 2.05) is 30.9 Å². The molecule has 1 N–H and O–H groups in total. The molecular formula is C19H20IN3O4. The molecule has 142 valence electrons. The highest BCUT2D eigenvalue weighted by molar-refractivity contribution is 14.1. The molecule has 1 heterocycles. The number of amides is 1. The fraction of sp³-hybridized carbons (Fsp3) is 0.316. The van der Waals surface area contributed by atoms with Crippen LogP contribution in [-0.4, -0.2) is 37.1 Å². The molecule has 0 bridgehead atoms. The molecule has 1 aliphatic heterocycles. The fourth-order valence-corrected chi connectivity index (χ4v) is 3.62. The van der Waals surface area contributed by atoms with E-state index in [1.54, 1.807) is 12.1 Å². The van der Waals surface area contributed by atoms with Crippen molar-refractivity contribution in [1.82, 2.24) is 0 Å². The van der Waals surface area contributed by atoms with E-state index in [0.29, 0.717) is 37.7 Å². The van der Waals surface area contributed by atoms with Crippen molar-refractivity contribution in [3.05, 3.63) is 60.7 Å². The fourth-order valence-electron chi connectivity index (χ4n) is 2.99. The molecule has 7 nitrogen and oxygen atoms in total. The Morgan fingerprint density at radius 3 is 2.56 bits per heavy atom. The minimum atomic E-state index is -0.443. The normalized spacial score (nSPS) is 14.1. The summed E-state index contributed by atoms with van der Waals surface area (Å²) in [5.41, 5.74) is 3.41. The van der Waals surface area contributed by atoms with Gasteiger partial charge in [0.05, 0.1) is 18.1 Å². The Labute approximate surface area is 171 Å². The maximum Gasteiger partial charge on any atom is 0.293 e. The average Bonchev–Trinajstić information content (AvgIpc) is 2.66. The molecule has 1 fully saturated rings. The first-order valence-electron chi connectivity index (χ1n) is 8.56. The SMILES string of the molecule is Cc1cc(NC(=O)c2ccc(N3CCOCC3)c([N+](=O)[O-])c2)c(C)cc1I. The largest absolute Gasteiger partial charge is 0.378 e. The van der Waals surface area contributed by atoms with Crippen LogP contribution in [0.4, 0.5) is 17.1 Å². The van der Waals surface area contributed by atoms with Gasteiger partial charge in [0.1, 0.15) is 5.69 Å². The number of ether oxygens (including phenoxy) is 1. The van der Waals surface area contributed by atoms with Crippen molar-refractivity contribution in [2.24, 2.45) is 0 Å². The van der Waals surface area contributed by atoms with Crippen LogP contribution in [0.2, 0.25) is 0 Å². The zero-order chi connectivity index (χ0) is 19.6.